The molecule has 0 rings (SSSR count). The van der Waals surface area contributed by atoms with E-state index < -0.39 is 0 Å². The molecule has 0 saturated heterocycles. The van der Waals surface area contributed by atoms with E-state index in [1.165, 1.54) is 0 Å². The summed E-state index contributed by atoms with van der Waals surface area (Å²) in [5.74, 6) is 0.697. The molecule has 0 aromatic rings. The molecule has 0 saturated carbocycles. The van der Waals surface area contributed by atoms with Crippen molar-refractivity contribution in [2.45, 2.75) is 34.1 Å². The van der Waals surface area contributed by atoms with Crippen molar-refractivity contribution in [1.82, 2.24) is 5.32 Å². The topological polar surface area (TPSA) is 30.5 Å². The van der Waals surface area contributed by atoms with Crippen molar-refractivity contribution in [3.8, 4) is 0 Å². The average Bonchev–Trinajstić information content (AvgIpc) is 2.21. The van der Waals surface area contributed by atoms with Crippen LogP contribution in [0.5, 0.6) is 0 Å². The second kappa shape index (κ2) is 8.97. The van der Waals surface area contributed by atoms with Crippen molar-refractivity contribution < 1.29 is 9.47 Å². The minimum Gasteiger partial charge on any atom is -0.385 e. The van der Waals surface area contributed by atoms with Crippen LogP contribution >= 0.6 is 0 Å². The molecule has 0 aromatic heterocycles. The molecule has 16 heavy (non-hydrogen) atoms. The van der Waals surface area contributed by atoms with E-state index >= 15 is 0 Å². The van der Waals surface area contributed by atoms with E-state index in [0.717, 1.165) is 39.3 Å². The molecule has 3 nitrogen and oxygen atoms in total. The lowest BCUT2D eigenvalue weighted by molar-refractivity contribution is 0.102. The van der Waals surface area contributed by atoms with Crippen LogP contribution in [0.1, 0.15) is 34.1 Å². The summed E-state index contributed by atoms with van der Waals surface area (Å²) in [4.78, 5) is 0. The van der Waals surface area contributed by atoms with Crippen LogP contribution in [0.25, 0.3) is 0 Å². The van der Waals surface area contributed by atoms with Gasteiger partial charge in [0.05, 0.1) is 6.61 Å². The van der Waals surface area contributed by atoms with Gasteiger partial charge in [-0.2, -0.15) is 0 Å². The Bertz CT molecular complexity index is 158. The predicted octanol–water partition coefficient (Wildman–Crippen LogP) is 2.31. The first-order valence-corrected chi connectivity index (χ1v) is 6.28. The first-order valence-electron chi connectivity index (χ1n) is 6.28. The number of rotatable bonds is 10. The summed E-state index contributed by atoms with van der Waals surface area (Å²) in [5, 5.41) is 3.44. The van der Waals surface area contributed by atoms with Crippen molar-refractivity contribution in [1.29, 1.82) is 0 Å². The van der Waals surface area contributed by atoms with E-state index in [1.54, 1.807) is 7.11 Å². The van der Waals surface area contributed by atoms with E-state index in [1.807, 2.05) is 0 Å². The molecule has 0 aromatic carbocycles. The second-order valence-electron chi connectivity index (χ2n) is 5.28. The zero-order valence-electron chi connectivity index (χ0n) is 11.6. The van der Waals surface area contributed by atoms with Crippen molar-refractivity contribution in [2.24, 2.45) is 11.3 Å². The fourth-order valence-electron chi connectivity index (χ4n) is 1.17. The van der Waals surface area contributed by atoms with Crippen LogP contribution < -0.4 is 5.32 Å². The van der Waals surface area contributed by atoms with E-state index in [4.69, 9.17) is 9.47 Å². The van der Waals surface area contributed by atoms with Gasteiger partial charge in [0.2, 0.25) is 0 Å². The maximum atomic E-state index is 5.47. The van der Waals surface area contributed by atoms with Crippen LogP contribution in [0.4, 0.5) is 0 Å². The zero-order chi connectivity index (χ0) is 12.4. The highest BCUT2D eigenvalue weighted by molar-refractivity contribution is 4.74. The van der Waals surface area contributed by atoms with Crippen molar-refractivity contribution in [3.63, 3.8) is 0 Å². The fraction of sp³-hybridized carbons (Fsp3) is 1.00. The lowest BCUT2D eigenvalue weighted by Crippen LogP contribution is -2.35. The van der Waals surface area contributed by atoms with Crippen LogP contribution in [0.15, 0.2) is 0 Å². The Labute approximate surface area is 101 Å². The maximum absolute atomic E-state index is 5.47. The number of ether oxygens (including phenoxy) is 2. The van der Waals surface area contributed by atoms with Gasteiger partial charge in [0.15, 0.2) is 0 Å². The Morgan fingerprint density at radius 1 is 1.12 bits per heavy atom. The molecule has 0 amide bonds. The maximum Gasteiger partial charge on any atom is 0.0590 e. The third kappa shape index (κ3) is 8.08. The largest absolute Gasteiger partial charge is 0.385 e. The normalized spacial score (nSPS) is 12.4. The summed E-state index contributed by atoms with van der Waals surface area (Å²) in [6, 6.07) is 0. The lowest BCUT2D eigenvalue weighted by Gasteiger charge is -2.29. The zero-order valence-corrected chi connectivity index (χ0v) is 11.6. The summed E-state index contributed by atoms with van der Waals surface area (Å²) in [5.41, 5.74) is 0.357. The molecule has 0 unspecified atom stereocenters. The van der Waals surface area contributed by atoms with Gasteiger partial charge in [-0.1, -0.05) is 27.7 Å². The molecular weight excluding hydrogens is 202 g/mol. The quantitative estimate of drug-likeness (QED) is 0.585. The summed E-state index contributed by atoms with van der Waals surface area (Å²) in [6.07, 6.45) is 0.980. The number of hydrogen-bond donors (Lipinski definition) is 1. The molecule has 3 heteroatoms. The van der Waals surface area contributed by atoms with Gasteiger partial charge in [-0.25, -0.2) is 0 Å². The molecule has 0 bridgehead atoms. The molecule has 0 radical (unpaired) electrons. The minimum absolute atomic E-state index is 0.357. The summed E-state index contributed by atoms with van der Waals surface area (Å²) < 4.78 is 10.4. The Morgan fingerprint density at radius 2 is 1.81 bits per heavy atom. The first-order chi connectivity index (χ1) is 7.50. The monoisotopic (exact) mass is 231 g/mol. The third-order valence-corrected chi connectivity index (χ3v) is 3.20. The predicted molar refractivity (Wildman–Crippen MR) is 68.8 cm³/mol. The van der Waals surface area contributed by atoms with Gasteiger partial charge in [-0.15, -0.1) is 0 Å². The van der Waals surface area contributed by atoms with Gasteiger partial charge in [-0.05, 0) is 17.8 Å². The van der Waals surface area contributed by atoms with Crippen LogP contribution in [0.3, 0.4) is 0 Å². The van der Waals surface area contributed by atoms with Gasteiger partial charge in [0.1, 0.15) is 0 Å². The molecule has 0 heterocycles. The van der Waals surface area contributed by atoms with Gasteiger partial charge in [-0.3, -0.25) is 0 Å². The molecule has 0 aliphatic rings. The highest BCUT2D eigenvalue weighted by Crippen LogP contribution is 2.24. The second-order valence-corrected chi connectivity index (χ2v) is 5.28. The number of methoxy groups -OCH3 is 1. The van der Waals surface area contributed by atoms with Crippen molar-refractivity contribution in [2.75, 3.05) is 40.0 Å². The van der Waals surface area contributed by atoms with Gasteiger partial charge in [0, 0.05) is 33.4 Å². The molecular formula is C13H29NO2. The van der Waals surface area contributed by atoms with Crippen molar-refractivity contribution >= 4 is 0 Å². The fourth-order valence-corrected chi connectivity index (χ4v) is 1.17. The Balaban J connectivity index is 3.27. The van der Waals surface area contributed by atoms with Crippen LogP contribution in [-0.4, -0.2) is 40.0 Å². The van der Waals surface area contributed by atoms with E-state index in [-0.39, 0.29) is 0 Å². The molecule has 0 atom stereocenters. The Kier molecular flexibility index (Phi) is 8.90. The van der Waals surface area contributed by atoms with E-state index in [0.29, 0.717) is 11.3 Å². The Morgan fingerprint density at radius 3 is 2.38 bits per heavy atom. The van der Waals surface area contributed by atoms with E-state index in [2.05, 4.69) is 33.0 Å². The molecule has 98 valence electrons. The van der Waals surface area contributed by atoms with Crippen LogP contribution in [-0.2, 0) is 9.47 Å². The summed E-state index contributed by atoms with van der Waals surface area (Å²) in [7, 11) is 1.72. The standard InChI is InChI=1S/C13H29NO2/c1-12(2)13(3,4)11-14-7-10-16-9-6-8-15-5/h12,14H,6-11H2,1-5H3. The SMILES string of the molecule is COCCCOCCNCC(C)(C)C(C)C. The minimum atomic E-state index is 0.357. The number of nitrogens with one attached hydrogen (secondary N) is 1. The highest BCUT2D eigenvalue weighted by Gasteiger charge is 2.21. The lowest BCUT2D eigenvalue weighted by atomic mass is 9.81. The summed E-state index contributed by atoms with van der Waals surface area (Å²) in [6.45, 7) is 13.5. The van der Waals surface area contributed by atoms with Gasteiger partial charge in [0.25, 0.3) is 0 Å². The highest BCUT2D eigenvalue weighted by atomic mass is 16.5. The van der Waals surface area contributed by atoms with Gasteiger partial charge < -0.3 is 14.8 Å². The van der Waals surface area contributed by atoms with Crippen LogP contribution in [0, 0.1) is 11.3 Å². The third-order valence-electron chi connectivity index (χ3n) is 3.20. The summed E-state index contributed by atoms with van der Waals surface area (Å²) >= 11 is 0. The van der Waals surface area contributed by atoms with Gasteiger partial charge >= 0.3 is 0 Å². The van der Waals surface area contributed by atoms with Crippen LogP contribution in [0.2, 0.25) is 0 Å². The molecule has 1 N–H and O–H groups in total. The average molecular weight is 231 g/mol. The molecule has 0 aliphatic heterocycles. The molecule has 0 spiro atoms. The van der Waals surface area contributed by atoms with Crippen molar-refractivity contribution in [3.05, 3.63) is 0 Å². The smallest absolute Gasteiger partial charge is 0.0590 e. The Hall–Kier alpha value is -0.120. The van der Waals surface area contributed by atoms with E-state index in [9.17, 15) is 0 Å². The first kappa shape index (κ1) is 15.9. The molecule has 0 aliphatic carbocycles. The molecule has 0 fully saturated rings. The number of hydrogen-bond acceptors (Lipinski definition) is 3.